The average molecular weight is 546 g/mol. The van der Waals surface area contributed by atoms with E-state index in [1.165, 1.54) is 47.5 Å². The molecule has 0 bridgehead atoms. The number of nitrogens with zero attached hydrogens (tertiary/aromatic N) is 5. The Morgan fingerprint density at radius 2 is 1.70 bits per heavy atom. The van der Waals surface area contributed by atoms with E-state index in [9.17, 15) is 14.0 Å². The zero-order chi connectivity index (χ0) is 27.9. The molecule has 0 spiro atoms. The van der Waals surface area contributed by atoms with Crippen molar-refractivity contribution in [2.45, 2.75) is 12.8 Å². The standard InChI is InChI=1S/C28H25F2N7O3/c29-17-1-3-18(4-2-17)37(27(39)28(8-9-28)26(31)38)19-5-6-21(20(30)15-19)40-22-7-10-33-25-24(22)34-16-23(35-25)36-13-11-32-12-14-36/h1-7,10,15-16,32H,8-9,11-14H2,(H2,31,38). The first-order valence-electron chi connectivity index (χ1n) is 12.8. The number of halogens is 2. The quantitative estimate of drug-likeness (QED) is 0.338. The number of amides is 2. The van der Waals surface area contributed by atoms with Crippen molar-refractivity contribution in [2.24, 2.45) is 11.1 Å². The number of fused-ring (bicyclic) bond motifs is 1. The summed E-state index contributed by atoms with van der Waals surface area (Å²) in [5, 5.41) is 3.29. The van der Waals surface area contributed by atoms with Crippen molar-refractivity contribution >= 4 is 40.2 Å². The van der Waals surface area contributed by atoms with E-state index in [1.807, 2.05) is 0 Å². The van der Waals surface area contributed by atoms with Crippen LogP contribution in [0, 0.1) is 17.0 Å². The molecule has 1 aliphatic heterocycles. The number of hydrogen-bond acceptors (Lipinski definition) is 8. The van der Waals surface area contributed by atoms with E-state index in [0.29, 0.717) is 17.0 Å². The predicted molar refractivity (Wildman–Crippen MR) is 143 cm³/mol. The number of hydrogen-bond donors (Lipinski definition) is 2. The lowest BCUT2D eigenvalue weighted by molar-refractivity contribution is -0.133. The molecule has 2 aliphatic rings. The molecule has 3 N–H and O–H groups in total. The number of pyridine rings is 1. The maximum absolute atomic E-state index is 15.4. The number of aromatic nitrogens is 3. The van der Waals surface area contributed by atoms with Gasteiger partial charge in [0.25, 0.3) is 0 Å². The summed E-state index contributed by atoms with van der Waals surface area (Å²) in [6.45, 7) is 3.29. The third kappa shape index (κ3) is 4.66. The number of carbonyl (C=O) groups excluding carboxylic acids is 2. The molecule has 1 saturated heterocycles. The van der Waals surface area contributed by atoms with Crippen LogP contribution >= 0.6 is 0 Å². The van der Waals surface area contributed by atoms with Crippen LogP contribution in [-0.4, -0.2) is 52.9 Å². The Balaban J connectivity index is 1.31. The van der Waals surface area contributed by atoms with Gasteiger partial charge in [-0.2, -0.15) is 0 Å². The highest BCUT2D eigenvalue weighted by Gasteiger charge is 2.57. The van der Waals surface area contributed by atoms with Crippen molar-refractivity contribution in [3.05, 3.63) is 72.6 Å². The molecular formula is C28H25F2N7O3. The first kappa shape index (κ1) is 25.6. The fourth-order valence-corrected chi connectivity index (χ4v) is 4.73. The number of benzene rings is 2. The van der Waals surface area contributed by atoms with Crippen LogP contribution in [0.15, 0.2) is 60.9 Å². The second-order valence-corrected chi connectivity index (χ2v) is 9.73. The molecule has 6 rings (SSSR count). The number of rotatable bonds is 7. The van der Waals surface area contributed by atoms with E-state index in [4.69, 9.17) is 10.5 Å². The first-order valence-corrected chi connectivity index (χ1v) is 12.8. The molecule has 3 heterocycles. The van der Waals surface area contributed by atoms with E-state index in [2.05, 4.69) is 25.2 Å². The van der Waals surface area contributed by atoms with Gasteiger partial charge in [-0.1, -0.05) is 0 Å². The summed E-state index contributed by atoms with van der Waals surface area (Å²) in [6.07, 6.45) is 3.72. The van der Waals surface area contributed by atoms with Crippen molar-refractivity contribution in [2.75, 3.05) is 36.0 Å². The van der Waals surface area contributed by atoms with Gasteiger partial charge < -0.3 is 20.7 Å². The maximum Gasteiger partial charge on any atom is 0.247 e. The summed E-state index contributed by atoms with van der Waals surface area (Å²) in [5.41, 5.74) is 5.28. The van der Waals surface area contributed by atoms with Crippen LogP contribution in [-0.2, 0) is 9.59 Å². The van der Waals surface area contributed by atoms with Gasteiger partial charge in [-0.05, 0) is 49.2 Å². The van der Waals surface area contributed by atoms with Crippen LogP contribution in [0.2, 0.25) is 0 Å². The molecule has 2 amide bonds. The molecule has 40 heavy (non-hydrogen) atoms. The Morgan fingerprint density at radius 1 is 0.975 bits per heavy atom. The molecular weight excluding hydrogens is 520 g/mol. The van der Waals surface area contributed by atoms with Crippen LogP contribution in [0.5, 0.6) is 11.5 Å². The van der Waals surface area contributed by atoms with Gasteiger partial charge in [-0.3, -0.25) is 14.5 Å². The molecule has 10 nitrogen and oxygen atoms in total. The van der Waals surface area contributed by atoms with Gasteiger partial charge in [-0.15, -0.1) is 0 Å². The lowest BCUT2D eigenvalue weighted by Gasteiger charge is -2.28. The van der Waals surface area contributed by atoms with Gasteiger partial charge in [0.15, 0.2) is 28.5 Å². The zero-order valence-corrected chi connectivity index (χ0v) is 21.3. The summed E-state index contributed by atoms with van der Waals surface area (Å²) < 4.78 is 34.9. The Labute approximate surface area is 227 Å². The van der Waals surface area contributed by atoms with Gasteiger partial charge in [0.1, 0.15) is 17.1 Å². The number of primary amides is 1. The molecule has 1 saturated carbocycles. The maximum atomic E-state index is 15.4. The molecule has 2 fully saturated rings. The Morgan fingerprint density at radius 3 is 2.38 bits per heavy atom. The van der Waals surface area contributed by atoms with Crippen molar-refractivity contribution in [1.82, 2.24) is 20.3 Å². The zero-order valence-electron chi connectivity index (χ0n) is 21.3. The lowest BCUT2D eigenvalue weighted by atomic mass is 10.0. The van der Waals surface area contributed by atoms with Crippen molar-refractivity contribution in [3.63, 3.8) is 0 Å². The minimum absolute atomic E-state index is 0.119. The molecule has 2 aromatic heterocycles. The second-order valence-electron chi connectivity index (χ2n) is 9.73. The lowest BCUT2D eigenvalue weighted by Crippen LogP contribution is -2.43. The van der Waals surface area contributed by atoms with Gasteiger partial charge in [-0.25, -0.2) is 23.7 Å². The van der Waals surface area contributed by atoms with Gasteiger partial charge >= 0.3 is 0 Å². The molecule has 0 radical (unpaired) electrons. The fourth-order valence-electron chi connectivity index (χ4n) is 4.73. The summed E-state index contributed by atoms with van der Waals surface area (Å²) in [5.74, 6) is -1.79. The number of nitrogens with one attached hydrogen (secondary N) is 1. The third-order valence-electron chi connectivity index (χ3n) is 7.15. The topological polar surface area (TPSA) is 127 Å². The number of anilines is 3. The summed E-state index contributed by atoms with van der Waals surface area (Å²) in [4.78, 5) is 42.2. The summed E-state index contributed by atoms with van der Waals surface area (Å²) in [7, 11) is 0. The molecule has 2 aromatic carbocycles. The molecule has 4 aromatic rings. The van der Waals surface area contributed by atoms with Crippen molar-refractivity contribution < 1.29 is 23.1 Å². The van der Waals surface area contributed by atoms with Gasteiger partial charge in [0.2, 0.25) is 11.8 Å². The number of nitrogens with two attached hydrogens (primary N) is 1. The molecule has 12 heteroatoms. The fraction of sp³-hybridized carbons (Fsp3) is 0.250. The first-order chi connectivity index (χ1) is 19.4. The van der Waals surface area contributed by atoms with E-state index in [0.717, 1.165) is 32.2 Å². The largest absolute Gasteiger partial charge is 0.452 e. The highest BCUT2D eigenvalue weighted by Crippen LogP contribution is 2.49. The molecule has 1 aliphatic carbocycles. The van der Waals surface area contributed by atoms with E-state index < -0.39 is 28.9 Å². The van der Waals surface area contributed by atoms with Crippen molar-refractivity contribution in [1.29, 1.82) is 0 Å². The van der Waals surface area contributed by atoms with E-state index in [-0.39, 0.29) is 35.7 Å². The number of piperazine rings is 1. The molecule has 0 atom stereocenters. The van der Waals surface area contributed by atoms with Gasteiger partial charge in [0, 0.05) is 50.2 Å². The highest BCUT2D eigenvalue weighted by atomic mass is 19.1. The minimum Gasteiger partial charge on any atom is -0.452 e. The van der Waals surface area contributed by atoms with E-state index >= 15 is 4.39 Å². The Kier molecular flexibility index (Phi) is 6.46. The summed E-state index contributed by atoms with van der Waals surface area (Å²) in [6, 6.07) is 10.6. The molecule has 0 unspecified atom stereocenters. The van der Waals surface area contributed by atoms with Crippen LogP contribution in [0.4, 0.5) is 26.0 Å². The SMILES string of the molecule is NC(=O)C1(C(=O)N(c2ccc(F)cc2)c2ccc(Oc3ccnc4nc(N5CCNCC5)cnc34)c(F)c2)CC1. The Hall–Kier alpha value is -4.71. The highest BCUT2D eigenvalue weighted by molar-refractivity contribution is 6.16. The van der Waals surface area contributed by atoms with Crippen LogP contribution in [0.1, 0.15) is 12.8 Å². The number of carbonyl (C=O) groups is 2. The van der Waals surface area contributed by atoms with Crippen molar-refractivity contribution in [3.8, 4) is 11.5 Å². The minimum atomic E-state index is -1.38. The number of ether oxygens (including phenoxy) is 1. The smallest absolute Gasteiger partial charge is 0.247 e. The third-order valence-corrected chi connectivity index (χ3v) is 7.15. The van der Waals surface area contributed by atoms with Crippen LogP contribution in [0.25, 0.3) is 11.2 Å². The Bertz CT molecular complexity index is 1610. The molecule has 204 valence electrons. The van der Waals surface area contributed by atoms with E-state index in [1.54, 1.807) is 12.3 Å². The second kappa shape index (κ2) is 10.1. The monoisotopic (exact) mass is 545 g/mol. The summed E-state index contributed by atoms with van der Waals surface area (Å²) >= 11 is 0. The van der Waals surface area contributed by atoms with Crippen LogP contribution < -0.4 is 25.6 Å². The normalized spacial score (nSPS) is 16.0. The average Bonchev–Trinajstić information content (AvgIpc) is 3.78. The predicted octanol–water partition coefficient (Wildman–Crippen LogP) is 3.44. The van der Waals surface area contributed by atoms with Gasteiger partial charge in [0.05, 0.1) is 11.9 Å². The van der Waals surface area contributed by atoms with Crippen LogP contribution in [0.3, 0.4) is 0 Å².